The molecule has 20 rings (SSSR count). The highest BCUT2D eigenvalue weighted by Crippen LogP contribution is 2.44. The first-order valence-electron chi connectivity index (χ1n) is 47.1. The van der Waals surface area contributed by atoms with Crippen LogP contribution in [0.25, 0.3) is 112 Å². The summed E-state index contributed by atoms with van der Waals surface area (Å²) >= 11 is 0. The predicted molar refractivity (Wildman–Crippen MR) is 505 cm³/mol. The smallest absolute Gasteiger partial charge is 0.225 e. The summed E-state index contributed by atoms with van der Waals surface area (Å²) in [6, 6.07) is 10.2. The van der Waals surface area contributed by atoms with Gasteiger partial charge in [-0.3, -0.25) is 56.6 Å². The second kappa shape index (κ2) is 40.6. The second-order valence-corrected chi connectivity index (χ2v) is 35.9. The van der Waals surface area contributed by atoms with Gasteiger partial charge < -0.3 is 30.6 Å². The van der Waals surface area contributed by atoms with Gasteiger partial charge in [-0.15, -0.1) is 0 Å². The fraction of sp³-hybridized carbons (Fsp3) is 0.458. The number of aliphatic hydroxyl groups excluding tert-OH is 2. The Labute approximate surface area is 775 Å². The summed E-state index contributed by atoms with van der Waals surface area (Å²) in [5, 5.41) is 77.7. The molecule has 4 N–H and O–H groups in total. The number of carbonyl (C=O) groups is 4. The molecule has 0 spiro atoms. The first-order valence-corrected chi connectivity index (χ1v) is 47.1. The molecule has 0 unspecified atom stereocenters. The molecule has 0 saturated heterocycles. The molecule has 4 saturated carbocycles. The zero-order valence-corrected chi connectivity index (χ0v) is 78.2. The van der Waals surface area contributed by atoms with Crippen molar-refractivity contribution >= 4 is 45.7 Å². The normalized spacial score (nSPS) is 18.0. The Morgan fingerprint density at radius 1 is 0.313 bits per heavy atom. The zero-order valence-electron chi connectivity index (χ0n) is 78.2. The highest BCUT2D eigenvalue weighted by molar-refractivity contribution is 5.84. The molecule has 4 fully saturated rings. The van der Waals surface area contributed by atoms with Crippen molar-refractivity contribution in [3.8, 4) is 90.1 Å². The average molecular weight is 1820 g/mol. The van der Waals surface area contributed by atoms with Crippen molar-refractivity contribution in [1.29, 1.82) is 0 Å². The van der Waals surface area contributed by atoms with Crippen LogP contribution in [0.4, 0.5) is 0 Å². The van der Waals surface area contributed by atoms with E-state index in [1.165, 1.54) is 0 Å². The maximum atomic E-state index is 12.2. The van der Waals surface area contributed by atoms with Gasteiger partial charge in [-0.25, -0.2) is 38.0 Å². The monoisotopic (exact) mass is 1820 g/mol. The third-order valence-electron chi connectivity index (χ3n) is 27.0. The van der Waals surface area contributed by atoms with Gasteiger partial charge in [0.2, 0.25) is 23.6 Å². The van der Waals surface area contributed by atoms with E-state index in [9.17, 15) is 19.2 Å². The van der Waals surface area contributed by atoms with Crippen molar-refractivity contribution < 1.29 is 29.4 Å². The quantitative estimate of drug-likeness (QED) is 0.0304. The Kier molecular flexibility index (Phi) is 27.8. The van der Waals surface area contributed by atoms with E-state index < -0.39 is 0 Å². The molecule has 0 atom stereocenters. The Balaban J connectivity index is 0.000000124. The number of hydrogen-bond donors (Lipinski definition) is 4. The van der Waals surface area contributed by atoms with Gasteiger partial charge in [0.1, 0.15) is 0 Å². The first-order chi connectivity index (χ1) is 65.2. The lowest BCUT2D eigenvalue weighted by Gasteiger charge is -2.35. The maximum Gasteiger partial charge on any atom is 0.225 e. The van der Waals surface area contributed by atoms with Gasteiger partial charge >= 0.3 is 0 Å². The number of amides is 4. The number of nitrogens with zero attached hydrogens (tertiary/aromatic N) is 30. The third-order valence-corrected chi connectivity index (χ3v) is 27.0. The van der Waals surface area contributed by atoms with Crippen molar-refractivity contribution in [1.82, 2.24) is 157 Å². The molecule has 134 heavy (non-hydrogen) atoms. The topological polar surface area (TPSA) is 403 Å². The Morgan fingerprint density at radius 2 is 0.537 bits per heavy atom. The second-order valence-electron chi connectivity index (χ2n) is 35.9. The van der Waals surface area contributed by atoms with Crippen LogP contribution in [0.5, 0.6) is 0 Å². The molecule has 700 valence electrons. The van der Waals surface area contributed by atoms with Crippen molar-refractivity contribution in [2.75, 3.05) is 54.5 Å². The molecule has 16 aromatic rings. The molecule has 38 nitrogen and oxygen atoms in total. The van der Waals surface area contributed by atoms with Crippen LogP contribution in [0.15, 0.2) is 173 Å². The summed E-state index contributed by atoms with van der Waals surface area (Å²) in [6.07, 6.45) is 60.5. The molecular formula is C96H120N32O6. The average Bonchev–Trinajstić information content (AvgIpc) is 1.63. The molecule has 0 radical (unpaired) electrons. The number of hydrogen-bond acceptors (Lipinski definition) is 22. The molecule has 0 aromatic carbocycles. The van der Waals surface area contributed by atoms with Crippen molar-refractivity contribution in [2.45, 2.75) is 206 Å². The van der Waals surface area contributed by atoms with Crippen LogP contribution in [0, 0.1) is 23.7 Å². The molecular weight excluding hydrogens is 1700 g/mol. The number of aliphatic hydroxyl groups is 2. The number of rotatable bonds is 32. The van der Waals surface area contributed by atoms with Gasteiger partial charge in [0.05, 0.1) is 228 Å². The van der Waals surface area contributed by atoms with Gasteiger partial charge in [0.15, 0.2) is 0 Å². The molecule has 16 heterocycles. The van der Waals surface area contributed by atoms with E-state index in [0.717, 1.165) is 215 Å². The summed E-state index contributed by atoms with van der Waals surface area (Å²) in [6.45, 7) is 17.9. The SMILES string of the molecule is CCC(CC)n1cc(-c2nc(-c3cnn(C4CC(C(=O)N(C)C)C4)c3)cn3nccc23)cn1.CCC(CC)n1cc(-c2nc(-c3cnn(C4CC(C(=O)N(C)C)C4)c3)cn3nccc23)cn1.CCC(CC)n1cc(-c2nc(-c3cnn(C4CC(C(=O)NCCO)C4)c3)cn3nccc23)cn1.CCC(CC)n1cc(-c2nc(-c3cnn(C4CC(C(=O)NCCO)C4)c3)cn3nccc23)cn1. The van der Waals surface area contributed by atoms with Gasteiger partial charge in [-0.05, 0) is 127 Å². The van der Waals surface area contributed by atoms with E-state index in [1.807, 2.05) is 207 Å². The Morgan fingerprint density at radius 3 is 0.754 bits per heavy atom. The van der Waals surface area contributed by atoms with Crippen molar-refractivity contribution in [3.05, 3.63) is 173 Å². The van der Waals surface area contributed by atoms with Crippen LogP contribution in [0.2, 0.25) is 0 Å². The lowest BCUT2D eigenvalue weighted by molar-refractivity contribution is -0.137. The molecule has 0 bridgehead atoms. The Bertz CT molecular complexity index is 6290. The molecule has 0 aliphatic heterocycles. The molecule has 4 aliphatic carbocycles. The highest BCUT2D eigenvalue weighted by Gasteiger charge is 2.41. The van der Waals surface area contributed by atoms with Gasteiger partial charge in [-0.2, -0.15) is 61.2 Å². The highest BCUT2D eigenvalue weighted by atomic mass is 16.3. The van der Waals surface area contributed by atoms with Gasteiger partial charge in [-0.1, -0.05) is 55.4 Å². The van der Waals surface area contributed by atoms with Crippen LogP contribution in [0.1, 0.15) is 206 Å². The van der Waals surface area contributed by atoms with Crippen LogP contribution < -0.4 is 10.6 Å². The van der Waals surface area contributed by atoms with E-state index >= 15 is 0 Å². The number of nitrogens with one attached hydrogen (secondary N) is 2. The summed E-state index contributed by atoms with van der Waals surface area (Å²) in [5.74, 6) is 0.529. The lowest BCUT2D eigenvalue weighted by atomic mass is 9.79. The van der Waals surface area contributed by atoms with Crippen molar-refractivity contribution in [3.63, 3.8) is 0 Å². The fourth-order valence-electron chi connectivity index (χ4n) is 18.5. The minimum atomic E-state index is -0.0431. The molecule has 16 aromatic heterocycles. The summed E-state index contributed by atoms with van der Waals surface area (Å²) < 4.78 is 23.3. The summed E-state index contributed by atoms with van der Waals surface area (Å²) in [4.78, 5) is 71.7. The molecule has 4 amide bonds. The van der Waals surface area contributed by atoms with E-state index in [1.54, 1.807) is 34.6 Å². The van der Waals surface area contributed by atoms with Crippen LogP contribution in [-0.2, 0) is 19.2 Å². The number of fused-ring (bicyclic) bond motifs is 4. The maximum absolute atomic E-state index is 12.2. The van der Waals surface area contributed by atoms with Gasteiger partial charge in [0, 0.05) is 159 Å². The molecule has 38 heteroatoms. The van der Waals surface area contributed by atoms with Crippen molar-refractivity contribution in [2.24, 2.45) is 23.7 Å². The largest absolute Gasteiger partial charge is 0.395 e. The van der Waals surface area contributed by atoms with Crippen LogP contribution in [-0.4, -0.2) is 235 Å². The standard InChI is InChI=1S/2C24H30N8O2.2C24H30N8O/c2*1-3-19(4-2)30-14-18(12-28-30)23-22-5-6-26-32(22)15-21(29-23)17-11-27-31(13-17)20-9-16(10-20)24(34)25-7-8-33;2*1-5-19(6-2)30-14-18(12-27-30)23-22-7-8-25-32(22)15-21(28-23)17-11-26-31(13-17)20-9-16(10-20)24(33)29(3)4/h2*5-6,11-16,19-20,33H,3-4,7-10H2,1-2H3,(H,25,34);2*7-8,11-16,19-20H,5-6,9-10H2,1-4H3. The third kappa shape index (κ3) is 19.2. The van der Waals surface area contributed by atoms with E-state index in [0.29, 0.717) is 37.3 Å². The summed E-state index contributed by atoms with van der Waals surface area (Å²) in [7, 11) is 7.24. The van der Waals surface area contributed by atoms with Crippen LogP contribution in [0.3, 0.4) is 0 Å². The minimum Gasteiger partial charge on any atom is -0.395 e. The van der Waals surface area contributed by atoms with Gasteiger partial charge in [0.25, 0.3) is 0 Å². The lowest BCUT2D eigenvalue weighted by Crippen LogP contribution is -2.40. The first kappa shape index (κ1) is 91.8. The van der Waals surface area contributed by atoms with Crippen LogP contribution >= 0.6 is 0 Å². The van der Waals surface area contributed by atoms with E-state index in [4.69, 9.17) is 30.1 Å². The van der Waals surface area contributed by atoms with E-state index in [-0.39, 0.29) is 84.7 Å². The Hall–Kier alpha value is -14.0. The number of aromatic nitrogens is 28. The van der Waals surface area contributed by atoms with E-state index in [2.05, 4.69) is 152 Å². The zero-order chi connectivity index (χ0) is 93.5. The summed E-state index contributed by atoms with van der Waals surface area (Å²) in [5.41, 5.74) is 17.9. The number of carbonyl (C=O) groups excluding carboxylic acids is 4. The minimum absolute atomic E-state index is 0.00190. The molecule has 4 aliphatic rings. The fourth-order valence-corrected chi connectivity index (χ4v) is 18.5. The predicted octanol–water partition coefficient (Wildman–Crippen LogP) is 13.5.